The Morgan fingerprint density at radius 2 is 1.84 bits per heavy atom. The minimum Gasteiger partial charge on any atom is -0.444 e. The Labute approximate surface area is 179 Å². The predicted octanol–water partition coefficient (Wildman–Crippen LogP) is 3.42. The van der Waals surface area contributed by atoms with Gasteiger partial charge in [0.1, 0.15) is 12.3 Å². The lowest BCUT2D eigenvalue weighted by molar-refractivity contribution is -0.384. The smallest absolute Gasteiger partial charge is 0.414 e. The van der Waals surface area contributed by atoms with Crippen LogP contribution in [0.3, 0.4) is 0 Å². The van der Waals surface area contributed by atoms with Gasteiger partial charge >= 0.3 is 6.09 Å². The number of ether oxygens (including phenoxy) is 1. The molecule has 0 aromatic heterocycles. The van der Waals surface area contributed by atoms with E-state index in [9.17, 15) is 19.7 Å². The molecular formula is C22H24N4O5. The number of hydrogen-bond acceptors (Lipinski definition) is 6. The average Bonchev–Trinajstić information content (AvgIpc) is 2.78. The van der Waals surface area contributed by atoms with Crippen LogP contribution in [0.15, 0.2) is 42.5 Å². The van der Waals surface area contributed by atoms with Gasteiger partial charge in [-0.05, 0) is 31.0 Å². The van der Waals surface area contributed by atoms with Crippen LogP contribution in [0.2, 0.25) is 0 Å². The maximum atomic E-state index is 12.5. The molecule has 0 N–H and O–H groups in total. The molecule has 9 heteroatoms. The van der Waals surface area contributed by atoms with E-state index in [1.54, 1.807) is 31.1 Å². The van der Waals surface area contributed by atoms with Gasteiger partial charge in [-0.3, -0.25) is 19.8 Å². The van der Waals surface area contributed by atoms with Crippen LogP contribution in [0.4, 0.5) is 21.9 Å². The molecular weight excluding hydrogens is 400 g/mol. The standard InChI is InChI=1S/C22H24N4O5/c1-23(2)21(27)15-7-8-19(20(13-15)26(29)30)24-11-9-17(10-12-24)25-18-6-4-3-5-16(18)14-31-22(25)28/h3-8,13,17H,9-12,14H2,1-2H3. The third-order valence-electron chi connectivity index (χ3n) is 5.79. The summed E-state index contributed by atoms with van der Waals surface area (Å²) in [6.45, 7) is 1.38. The van der Waals surface area contributed by atoms with E-state index in [0.717, 1.165) is 11.3 Å². The first-order valence-corrected chi connectivity index (χ1v) is 10.2. The molecule has 0 radical (unpaired) electrons. The third kappa shape index (κ3) is 3.90. The quantitative estimate of drug-likeness (QED) is 0.551. The maximum Gasteiger partial charge on any atom is 0.414 e. The number of carbonyl (C=O) groups is 2. The molecule has 2 aromatic rings. The van der Waals surface area contributed by atoms with Crippen molar-refractivity contribution in [2.75, 3.05) is 37.0 Å². The zero-order chi connectivity index (χ0) is 22.1. The number of hydrogen-bond donors (Lipinski definition) is 0. The van der Waals surface area contributed by atoms with Crippen molar-refractivity contribution in [1.29, 1.82) is 0 Å². The lowest BCUT2D eigenvalue weighted by Gasteiger charge is -2.40. The van der Waals surface area contributed by atoms with Gasteiger partial charge in [0, 0.05) is 50.4 Å². The van der Waals surface area contributed by atoms with Gasteiger partial charge in [0.15, 0.2) is 0 Å². The van der Waals surface area contributed by atoms with Gasteiger partial charge in [-0.2, -0.15) is 0 Å². The highest BCUT2D eigenvalue weighted by atomic mass is 16.6. The van der Waals surface area contributed by atoms with E-state index in [1.807, 2.05) is 29.2 Å². The Kier molecular flexibility index (Phi) is 5.50. The molecule has 0 bridgehead atoms. The Bertz CT molecular complexity index is 1030. The van der Waals surface area contributed by atoms with Crippen molar-refractivity contribution in [1.82, 2.24) is 4.90 Å². The van der Waals surface area contributed by atoms with Crippen LogP contribution in [-0.4, -0.2) is 55.1 Å². The topological polar surface area (TPSA) is 96.2 Å². The van der Waals surface area contributed by atoms with Crippen molar-refractivity contribution in [3.05, 3.63) is 63.7 Å². The van der Waals surface area contributed by atoms with Crippen molar-refractivity contribution in [3.8, 4) is 0 Å². The number of nitro groups is 1. The van der Waals surface area contributed by atoms with E-state index in [0.29, 0.717) is 31.6 Å². The van der Waals surface area contributed by atoms with Crippen LogP contribution < -0.4 is 9.80 Å². The van der Waals surface area contributed by atoms with Crippen molar-refractivity contribution in [2.24, 2.45) is 0 Å². The van der Waals surface area contributed by atoms with E-state index in [4.69, 9.17) is 4.74 Å². The van der Waals surface area contributed by atoms with Crippen molar-refractivity contribution in [2.45, 2.75) is 25.5 Å². The lowest BCUT2D eigenvalue weighted by atomic mass is 9.99. The number of anilines is 2. The third-order valence-corrected chi connectivity index (χ3v) is 5.79. The maximum absolute atomic E-state index is 12.5. The summed E-state index contributed by atoms with van der Waals surface area (Å²) in [5.41, 5.74) is 2.52. The van der Waals surface area contributed by atoms with Crippen LogP contribution in [0.1, 0.15) is 28.8 Å². The molecule has 31 heavy (non-hydrogen) atoms. The zero-order valence-electron chi connectivity index (χ0n) is 17.5. The first-order chi connectivity index (χ1) is 14.9. The van der Waals surface area contributed by atoms with Crippen LogP contribution in [-0.2, 0) is 11.3 Å². The normalized spacial score (nSPS) is 16.5. The molecule has 0 atom stereocenters. The Balaban J connectivity index is 1.54. The summed E-state index contributed by atoms with van der Waals surface area (Å²) < 4.78 is 5.34. The van der Waals surface area contributed by atoms with E-state index < -0.39 is 4.92 Å². The van der Waals surface area contributed by atoms with Crippen LogP contribution in [0.5, 0.6) is 0 Å². The fourth-order valence-electron chi connectivity index (χ4n) is 4.21. The van der Waals surface area contributed by atoms with E-state index in [1.165, 1.54) is 11.0 Å². The van der Waals surface area contributed by atoms with Gasteiger partial charge in [-0.1, -0.05) is 18.2 Å². The number of fused-ring (bicyclic) bond motifs is 1. The van der Waals surface area contributed by atoms with Crippen molar-refractivity contribution < 1.29 is 19.2 Å². The molecule has 2 aromatic carbocycles. The van der Waals surface area contributed by atoms with Crippen molar-refractivity contribution in [3.63, 3.8) is 0 Å². The number of amides is 2. The molecule has 2 heterocycles. The molecule has 1 saturated heterocycles. The largest absolute Gasteiger partial charge is 0.444 e. The van der Waals surface area contributed by atoms with Gasteiger partial charge < -0.3 is 14.5 Å². The highest BCUT2D eigenvalue weighted by Crippen LogP contribution is 2.35. The molecule has 162 valence electrons. The van der Waals surface area contributed by atoms with E-state index in [2.05, 4.69) is 0 Å². The van der Waals surface area contributed by atoms with E-state index in [-0.39, 0.29) is 35.9 Å². The summed E-state index contributed by atoms with van der Waals surface area (Å²) in [5.74, 6) is -0.282. The molecule has 2 aliphatic heterocycles. The second-order valence-corrected chi connectivity index (χ2v) is 7.93. The minimum absolute atomic E-state index is 0.0427. The number of nitrogens with zero attached hydrogens (tertiary/aromatic N) is 4. The van der Waals surface area contributed by atoms with Gasteiger partial charge in [0.2, 0.25) is 0 Å². The van der Waals surface area contributed by atoms with Gasteiger partial charge in [0.05, 0.1) is 10.6 Å². The highest BCUT2D eigenvalue weighted by molar-refractivity contribution is 5.95. The fourth-order valence-corrected chi connectivity index (χ4v) is 4.21. The fraction of sp³-hybridized carbons (Fsp3) is 0.364. The van der Waals surface area contributed by atoms with Gasteiger partial charge in [-0.25, -0.2) is 4.79 Å². The summed E-state index contributed by atoms with van der Waals surface area (Å²) >= 11 is 0. The number of nitro benzene ring substituents is 1. The highest BCUT2D eigenvalue weighted by Gasteiger charge is 2.35. The van der Waals surface area contributed by atoms with Crippen LogP contribution in [0, 0.1) is 10.1 Å². The lowest BCUT2D eigenvalue weighted by Crippen LogP contribution is -2.49. The predicted molar refractivity (Wildman–Crippen MR) is 115 cm³/mol. The summed E-state index contributed by atoms with van der Waals surface area (Å²) in [6, 6.07) is 12.2. The second kappa shape index (κ2) is 8.25. The molecule has 2 amide bonds. The Morgan fingerprint density at radius 3 is 2.52 bits per heavy atom. The molecule has 0 saturated carbocycles. The molecule has 4 rings (SSSR count). The monoisotopic (exact) mass is 424 g/mol. The average molecular weight is 424 g/mol. The van der Waals surface area contributed by atoms with Crippen molar-refractivity contribution >= 4 is 29.1 Å². The molecule has 1 fully saturated rings. The number of piperidine rings is 1. The summed E-state index contributed by atoms with van der Waals surface area (Å²) in [7, 11) is 3.22. The number of carbonyl (C=O) groups excluding carboxylic acids is 2. The number of rotatable bonds is 4. The first kappa shape index (κ1) is 20.6. The molecule has 0 unspecified atom stereocenters. The van der Waals surface area contributed by atoms with Crippen LogP contribution in [0.25, 0.3) is 0 Å². The molecule has 2 aliphatic rings. The zero-order valence-corrected chi connectivity index (χ0v) is 17.5. The van der Waals surface area contributed by atoms with E-state index >= 15 is 0 Å². The first-order valence-electron chi connectivity index (χ1n) is 10.2. The summed E-state index contributed by atoms with van der Waals surface area (Å²) in [6.07, 6.45) is 0.951. The SMILES string of the molecule is CN(C)C(=O)c1ccc(N2CCC(N3C(=O)OCc4ccccc43)CC2)c([N+](=O)[O-])c1. The number of cyclic esters (lactones) is 1. The summed E-state index contributed by atoms with van der Waals surface area (Å²) in [5, 5.41) is 11.7. The Morgan fingerprint density at radius 1 is 1.13 bits per heavy atom. The van der Waals surface area contributed by atoms with Crippen LogP contribution >= 0.6 is 0 Å². The number of benzene rings is 2. The number of para-hydroxylation sites is 1. The molecule has 0 spiro atoms. The van der Waals surface area contributed by atoms with Gasteiger partial charge in [0.25, 0.3) is 11.6 Å². The minimum atomic E-state index is -0.452. The summed E-state index contributed by atoms with van der Waals surface area (Å²) in [4.78, 5) is 40.9. The second-order valence-electron chi connectivity index (χ2n) is 7.93. The Hall–Kier alpha value is -3.62. The molecule has 9 nitrogen and oxygen atoms in total. The molecule has 0 aliphatic carbocycles. The van der Waals surface area contributed by atoms with Gasteiger partial charge in [-0.15, -0.1) is 0 Å².